The van der Waals surface area contributed by atoms with E-state index >= 15 is 0 Å². The second kappa shape index (κ2) is 5.82. The van der Waals surface area contributed by atoms with Crippen LogP contribution in [0.4, 0.5) is 14.6 Å². The van der Waals surface area contributed by atoms with Gasteiger partial charge in [-0.25, -0.2) is 13.8 Å². The molecule has 134 valence electrons. The number of nitrogens with one attached hydrogen (secondary N) is 1. The Kier molecular flexibility index (Phi) is 3.71. The zero-order valence-electron chi connectivity index (χ0n) is 14.3. The average Bonchev–Trinajstić information content (AvgIpc) is 2.91. The van der Waals surface area contributed by atoms with Crippen LogP contribution in [-0.2, 0) is 11.8 Å². The van der Waals surface area contributed by atoms with Crippen LogP contribution in [0.3, 0.4) is 0 Å². The zero-order chi connectivity index (χ0) is 18.5. The van der Waals surface area contributed by atoms with E-state index in [4.69, 9.17) is 0 Å². The number of carbonyl (C=O) groups is 1. The van der Waals surface area contributed by atoms with Crippen molar-refractivity contribution in [3.63, 3.8) is 0 Å². The van der Waals surface area contributed by atoms with Gasteiger partial charge in [-0.15, -0.1) is 10.2 Å². The summed E-state index contributed by atoms with van der Waals surface area (Å²) in [6.07, 6.45) is 0.970. The third kappa shape index (κ3) is 2.91. The minimum absolute atomic E-state index is 0.260. The van der Waals surface area contributed by atoms with E-state index < -0.39 is 30.6 Å². The minimum Gasteiger partial charge on any atom is -0.331 e. The summed E-state index contributed by atoms with van der Waals surface area (Å²) in [6.45, 7) is 1.92. The fourth-order valence-electron chi connectivity index (χ4n) is 3.11. The topological polar surface area (TPSA) is 72.7 Å². The summed E-state index contributed by atoms with van der Waals surface area (Å²) < 4.78 is 27.8. The van der Waals surface area contributed by atoms with Gasteiger partial charge in [-0.05, 0) is 25.1 Å². The summed E-state index contributed by atoms with van der Waals surface area (Å²) in [5, 5.41) is 11.4. The van der Waals surface area contributed by atoms with E-state index in [9.17, 15) is 13.6 Å². The van der Waals surface area contributed by atoms with Crippen molar-refractivity contribution in [2.24, 2.45) is 13.0 Å². The molecule has 8 heteroatoms. The van der Waals surface area contributed by atoms with Gasteiger partial charge in [0.2, 0.25) is 11.8 Å². The molecule has 3 aromatic rings. The molecule has 1 aliphatic carbocycles. The molecule has 1 aromatic carbocycles. The molecule has 0 aliphatic heterocycles. The first kappa shape index (κ1) is 16.6. The Morgan fingerprint density at radius 1 is 1.27 bits per heavy atom. The van der Waals surface area contributed by atoms with Gasteiger partial charge >= 0.3 is 0 Å². The molecule has 2 aromatic heterocycles. The molecule has 0 bridgehead atoms. The lowest BCUT2D eigenvalue weighted by Crippen LogP contribution is -2.42. The maximum atomic E-state index is 12.9. The molecule has 0 radical (unpaired) electrons. The van der Waals surface area contributed by atoms with Gasteiger partial charge in [0.1, 0.15) is 5.82 Å². The largest absolute Gasteiger partial charge is 0.331 e. The standard InChI is InChI=1S/C18H17F2N5O/c1-10-21-9-15(25(10)2)11-3-4-14-12(5-11)6-16(24-23-14)22-17(26)13-7-18(19,20)8-13/h3-6,9,13H,7-8H2,1-2H3,(H,22,24,26). The normalized spacial score (nSPS) is 16.5. The quantitative estimate of drug-likeness (QED) is 0.780. The molecule has 1 N–H and O–H groups in total. The summed E-state index contributed by atoms with van der Waals surface area (Å²) in [4.78, 5) is 16.3. The maximum Gasteiger partial charge on any atom is 0.249 e. The van der Waals surface area contributed by atoms with Crippen molar-refractivity contribution in [2.75, 3.05) is 5.32 Å². The second-order valence-electron chi connectivity index (χ2n) is 6.70. The summed E-state index contributed by atoms with van der Waals surface area (Å²) in [5.41, 5.74) is 2.61. The molecule has 4 rings (SSSR count). The highest BCUT2D eigenvalue weighted by Gasteiger charge is 2.48. The highest BCUT2D eigenvalue weighted by Crippen LogP contribution is 2.42. The number of aromatic nitrogens is 4. The Balaban J connectivity index is 1.60. The number of carbonyl (C=O) groups excluding carboxylic acids is 1. The van der Waals surface area contributed by atoms with Crippen molar-refractivity contribution in [2.45, 2.75) is 25.7 Å². The number of benzene rings is 1. The van der Waals surface area contributed by atoms with Crippen LogP contribution in [0.5, 0.6) is 0 Å². The maximum absolute atomic E-state index is 12.9. The monoisotopic (exact) mass is 357 g/mol. The van der Waals surface area contributed by atoms with Gasteiger partial charge in [-0.3, -0.25) is 4.79 Å². The van der Waals surface area contributed by atoms with E-state index in [0.717, 1.165) is 22.5 Å². The van der Waals surface area contributed by atoms with E-state index in [-0.39, 0.29) is 5.82 Å². The Bertz CT molecular complexity index is 1010. The number of amides is 1. The van der Waals surface area contributed by atoms with Crippen LogP contribution in [0.25, 0.3) is 22.2 Å². The van der Waals surface area contributed by atoms with Crippen molar-refractivity contribution in [3.05, 3.63) is 36.3 Å². The summed E-state index contributed by atoms with van der Waals surface area (Å²) in [5.74, 6) is -2.68. The van der Waals surface area contributed by atoms with E-state index in [1.165, 1.54) is 0 Å². The van der Waals surface area contributed by atoms with Crippen molar-refractivity contribution >= 4 is 22.6 Å². The van der Waals surface area contributed by atoms with Crippen molar-refractivity contribution in [3.8, 4) is 11.3 Å². The number of nitrogens with zero attached hydrogens (tertiary/aromatic N) is 4. The second-order valence-corrected chi connectivity index (χ2v) is 6.70. The van der Waals surface area contributed by atoms with Crippen LogP contribution in [0.2, 0.25) is 0 Å². The van der Waals surface area contributed by atoms with E-state index in [0.29, 0.717) is 5.52 Å². The number of fused-ring (bicyclic) bond motifs is 1. The van der Waals surface area contributed by atoms with Crippen molar-refractivity contribution < 1.29 is 13.6 Å². The van der Waals surface area contributed by atoms with Crippen LogP contribution in [0, 0.1) is 12.8 Å². The lowest BCUT2D eigenvalue weighted by Gasteiger charge is -2.33. The number of alkyl halides is 2. The third-order valence-electron chi connectivity index (χ3n) is 4.81. The van der Waals surface area contributed by atoms with E-state index in [1.807, 2.05) is 36.7 Å². The molecule has 0 saturated heterocycles. The number of aryl methyl sites for hydroxylation is 1. The average molecular weight is 357 g/mol. The fourth-order valence-corrected chi connectivity index (χ4v) is 3.11. The molecule has 26 heavy (non-hydrogen) atoms. The van der Waals surface area contributed by atoms with Gasteiger partial charge in [-0.1, -0.05) is 6.07 Å². The van der Waals surface area contributed by atoms with Crippen LogP contribution in [0.1, 0.15) is 18.7 Å². The third-order valence-corrected chi connectivity index (χ3v) is 4.81. The van der Waals surface area contributed by atoms with Gasteiger partial charge in [0.25, 0.3) is 0 Å². The molecular formula is C18H17F2N5O. The van der Waals surface area contributed by atoms with Crippen LogP contribution in [0.15, 0.2) is 30.5 Å². The Hall–Kier alpha value is -2.90. The van der Waals surface area contributed by atoms with Gasteiger partial charge in [0.15, 0.2) is 5.82 Å². The van der Waals surface area contributed by atoms with Gasteiger partial charge in [-0.2, -0.15) is 0 Å². The van der Waals surface area contributed by atoms with Crippen molar-refractivity contribution in [1.29, 1.82) is 0 Å². The fraction of sp³-hybridized carbons (Fsp3) is 0.333. The highest BCUT2D eigenvalue weighted by molar-refractivity contribution is 5.94. The summed E-state index contributed by atoms with van der Waals surface area (Å²) in [7, 11) is 1.94. The van der Waals surface area contributed by atoms with Crippen molar-refractivity contribution in [1.82, 2.24) is 19.7 Å². The minimum atomic E-state index is -2.73. The predicted molar refractivity (Wildman–Crippen MR) is 92.8 cm³/mol. The molecule has 1 saturated carbocycles. The Morgan fingerprint density at radius 2 is 2.04 bits per heavy atom. The number of rotatable bonds is 3. The first-order valence-corrected chi connectivity index (χ1v) is 8.27. The van der Waals surface area contributed by atoms with Gasteiger partial charge in [0, 0.05) is 36.8 Å². The molecule has 6 nitrogen and oxygen atoms in total. The molecule has 2 heterocycles. The number of imidazole rings is 1. The molecule has 1 aliphatic rings. The van der Waals surface area contributed by atoms with E-state index in [2.05, 4.69) is 20.5 Å². The Morgan fingerprint density at radius 3 is 2.69 bits per heavy atom. The summed E-state index contributed by atoms with van der Waals surface area (Å²) in [6, 6.07) is 7.41. The molecular weight excluding hydrogens is 340 g/mol. The van der Waals surface area contributed by atoms with Gasteiger partial charge < -0.3 is 9.88 Å². The molecule has 0 atom stereocenters. The number of anilines is 1. The smallest absolute Gasteiger partial charge is 0.249 e. The van der Waals surface area contributed by atoms with E-state index in [1.54, 1.807) is 12.3 Å². The molecule has 1 amide bonds. The lowest BCUT2D eigenvalue weighted by molar-refractivity contribution is -0.145. The number of hydrogen-bond donors (Lipinski definition) is 1. The van der Waals surface area contributed by atoms with Gasteiger partial charge in [0.05, 0.1) is 17.4 Å². The van der Waals surface area contributed by atoms with Crippen LogP contribution >= 0.6 is 0 Å². The van der Waals surface area contributed by atoms with Crippen LogP contribution in [-0.4, -0.2) is 31.6 Å². The lowest BCUT2D eigenvalue weighted by atomic mass is 9.81. The first-order chi connectivity index (χ1) is 12.3. The highest BCUT2D eigenvalue weighted by atomic mass is 19.3. The molecule has 0 unspecified atom stereocenters. The number of halogens is 2. The van der Waals surface area contributed by atoms with Crippen LogP contribution < -0.4 is 5.32 Å². The molecule has 1 fully saturated rings. The first-order valence-electron chi connectivity index (χ1n) is 8.27. The zero-order valence-corrected chi connectivity index (χ0v) is 14.3. The number of hydrogen-bond acceptors (Lipinski definition) is 4. The SMILES string of the molecule is Cc1ncc(-c2ccc3nnc(NC(=O)C4CC(F)(F)C4)cc3c2)n1C. The molecule has 0 spiro atoms. The Labute approximate surface area is 148 Å². The predicted octanol–water partition coefficient (Wildman–Crippen LogP) is 3.32. The summed E-state index contributed by atoms with van der Waals surface area (Å²) >= 11 is 0.